The summed E-state index contributed by atoms with van der Waals surface area (Å²) in [5, 5.41) is 0.524. The Bertz CT molecular complexity index is 926. The standard InChI is InChI=1S/C18H19N3O3/c1-3-24-15(22)9-10-21-17(13-7-5-4-6-8-13)20-16-14(18(21)23)11-12(2)19-16/h4-8,11,19H,3,9-10H2,1-2H3. The van der Waals surface area contributed by atoms with Crippen LogP contribution in [0.5, 0.6) is 0 Å². The van der Waals surface area contributed by atoms with Gasteiger partial charge in [-0.1, -0.05) is 30.3 Å². The number of carbonyl (C=O) groups excluding carboxylic acids is 1. The van der Waals surface area contributed by atoms with Crippen molar-refractivity contribution in [2.24, 2.45) is 0 Å². The highest BCUT2D eigenvalue weighted by molar-refractivity contribution is 5.78. The number of nitrogens with one attached hydrogen (secondary N) is 1. The van der Waals surface area contributed by atoms with Gasteiger partial charge in [0.05, 0.1) is 18.4 Å². The van der Waals surface area contributed by atoms with E-state index in [0.29, 0.717) is 23.5 Å². The third-order valence-electron chi connectivity index (χ3n) is 3.76. The predicted molar refractivity (Wildman–Crippen MR) is 91.8 cm³/mol. The zero-order chi connectivity index (χ0) is 17.1. The van der Waals surface area contributed by atoms with Crippen LogP contribution in [0.1, 0.15) is 19.0 Å². The molecule has 3 rings (SSSR count). The number of hydrogen-bond acceptors (Lipinski definition) is 4. The maximum atomic E-state index is 12.9. The summed E-state index contributed by atoms with van der Waals surface area (Å²) in [5.41, 5.74) is 2.10. The molecule has 6 heteroatoms. The number of hydrogen-bond donors (Lipinski definition) is 1. The number of fused-ring (bicyclic) bond motifs is 1. The van der Waals surface area contributed by atoms with Gasteiger partial charge >= 0.3 is 5.97 Å². The molecule has 0 bridgehead atoms. The molecule has 24 heavy (non-hydrogen) atoms. The van der Waals surface area contributed by atoms with Crippen molar-refractivity contribution in [3.8, 4) is 11.4 Å². The molecule has 124 valence electrons. The normalized spacial score (nSPS) is 10.9. The molecule has 0 radical (unpaired) electrons. The van der Waals surface area contributed by atoms with Gasteiger partial charge in [0.15, 0.2) is 0 Å². The van der Waals surface area contributed by atoms with E-state index in [2.05, 4.69) is 9.97 Å². The fourth-order valence-corrected chi connectivity index (χ4v) is 2.69. The van der Waals surface area contributed by atoms with Crippen molar-refractivity contribution in [1.29, 1.82) is 0 Å². The lowest BCUT2D eigenvalue weighted by molar-refractivity contribution is -0.143. The van der Waals surface area contributed by atoms with E-state index in [1.54, 1.807) is 17.6 Å². The monoisotopic (exact) mass is 325 g/mol. The van der Waals surface area contributed by atoms with Crippen LogP contribution in [0.2, 0.25) is 0 Å². The number of aromatic amines is 1. The third-order valence-corrected chi connectivity index (χ3v) is 3.76. The first-order chi connectivity index (χ1) is 11.6. The molecule has 0 saturated carbocycles. The molecule has 0 amide bonds. The Morgan fingerprint density at radius 3 is 2.75 bits per heavy atom. The second-order valence-electron chi connectivity index (χ2n) is 5.53. The number of aryl methyl sites for hydroxylation is 1. The highest BCUT2D eigenvalue weighted by Gasteiger charge is 2.15. The fraction of sp³-hybridized carbons (Fsp3) is 0.278. The number of H-pyrrole nitrogens is 1. The van der Waals surface area contributed by atoms with Gasteiger partial charge in [0.2, 0.25) is 0 Å². The fourth-order valence-electron chi connectivity index (χ4n) is 2.69. The Morgan fingerprint density at radius 1 is 1.29 bits per heavy atom. The smallest absolute Gasteiger partial charge is 0.307 e. The van der Waals surface area contributed by atoms with Gasteiger partial charge in [-0.3, -0.25) is 14.2 Å². The Hall–Kier alpha value is -2.89. The lowest BCUT2D eigenvalue weighted by atomic mass is 10.2. The van der Waals surface area contributed by atoms with E-state index in [1.165, 1.54) is 0 Å². The molecule has 0 aliphatic carbocycles. The first-order valence-corrected chi connectivity index (χ1v) is 7.91. The maximum absolute atomic E-state index is 12.9. The number of nitrogens with zero attached hydrogens (tertiary/aromatic N) is 2. The van der Waals surface area contributed by atoms with Crippen LogP contribution < -0.4 is 5.56 Å². The van der Waals surface area contributed by atoms with Gasteiger partial charge in [-0.25, -0.2) is 4.98 Å². The van der Waals surface area contributed by atoms with Gasteiger partial charge in [0.25, 0.3) is 5.56 Å². The van der Waals surface area contributed by atoms with Crippen molar-refractivity contribution in [1.82, 2.24) is 14.5 Å². The summed E-state index contributed by atoms with van der Waals surface area (Å²) in [4.78, 5) is 32.2. The number of ether oxygens (including phenoxy) is 1. The molecule has 2 aromatic heterocycles. The number of benzene rings is 1. The van der Waals surface area contributed by atoms with Gasteiger partial charge in [0, 0.05) is 17.8 Å². The van der Waals surface area contributed by atoms with Crippen molar-refractivity contribution in [3.63, 3.8) is 0 Å². The van der Waals surface area contributed by atoms with E-state index in [1.807, 2.05) is 37.3 Å². The molecule has 1 N–H and O–H groups in total. The van der Waals surface area contributed by atoms with Crippen LogP contribution in [0.4, 0.5) is 0 Å². The molecule has 3 aromatic rings. The Morgan fingerprint density at radius 2 is 2.04 bits per heavy atom. The summed E-state index contributed by atoms with van der Waals surface area (Å²) in [6, 6.07) is 11.2. The third kappa shape index (κ3) is 3.08. The molecule has 1 aromatic carbocycles. The van der Waals surface area contributed by atoms with Gasteiger partial charge in [0.1, 0.15) is 11.5 Å². The number of aromatic nitrogens is 3. The molecular formula is C18H19N3O3. The van der Waals surface area contributed by atoms with Crippen LogP contribution in [-0.4, -0.2) is 27.1 Å². The van der Waals surface area contributed by atoms with Crippen molar-refractivity contribution in [2.75, 3.05) is 6.61 Å². The topological polar surface area (TPSA) is 77.0 Å². The first-order valence-electron chi connectivity index (χ1n) is 7.91. The first kappa shape index (κ1) is 16.0. The van der Waals surface area contributed by atoms with Crippen LogP contribution in [0, 0.1) is 6.92 Å². The van der Waals surface area contributed by atoms with E-state index in [4.69, 9.17) is 4.74 Å². The molecule has 0 spiro atoms. The van der Waals surface area contributed by atoms with Gasteiger partial charge in [-0.05, 0) is 19.9 Å². The SMILES string of the molecule is CCOC(=O)CCn1c(-c2ccccc2)nc2[nH]c(C)cc2c1=O. The second-order valence-corrected chi connectivity index (χ2v) is 5.53. The highest BCUT2D eigenvalue weighted by atomic mass is 16.5. The van der Waals surface area contributed by atoms with Crippen LogP contribution in [-0.2, 0) is 16.1 Å². The zero-order valence-corrected chi connectivity index (χ0v) is 13.7. The summed E-state index contributed by atoms with van der Waals surface area (Å²) >= 11 is 0. The molecule has 0 atom stereocenters. The summed E-state index contributed by atoms with van der Waals surface area (Å²) in [6.45, 7) is 4.20. The van der Waals surface area contributed by atoms with Crippen molar-refractivity contribution >= 4 is 17.0 Å². The van der Waals surface area contributed by atoms with Crippen molar-refractivity contribution in [3.05, 3.63) is 52.4 Å². The Kier molecular flexibility index (Phi) is 4.46. The lowest BCUT2D eigenvalue weighted by Crippen LogP contribution is -2.24. The van der Waals surface area contributed by atoms with E-state index in [0.717, 1.165) is 11.3 Å². The summed E-state index contributed by atoms with van der Waals surface area (Å²) in [7, 11) is 0. The van der Waals surface area contributed by atoms with E-state index in [-0.39, 0.29) is 24.5 Å². The quantitative estimate of drug-likeness (QED) is 0.732. The number of esters is 1. The van der Waals surface area contributed by atoms with Crippen molar-refractivity contribution < 1.29 is 9.53 Å². The molecule has 0 saturated heterocycles. The van der Waals surface area contributed by atoms with Gasteiger partial charge in [-0.15, -0.1) is 0 Å². The average molecular weight is 325 g/mol. The Balaban J connectivity index is 2.11. The average Bonchev–Trinajstić information content (AvgIpc) is 2.96. The number of rotatable bonds is 5. The van der Waals surface area contributed by atoms with Gasteiger partial charge < -0.3 is 9.72 Å². The van der Waals surface area contributed by atoms with Crippen molar-refractivity contribution in [2.45, 2.75) is 26.8 Å². The zero-order valence-electron chi connectivity index (χ0n) is 13.7. The molecule has 6 nitrogen and oxygen atoms in total. The van der Waals surface area contributed by atoms with Gasteiger partial charge in [-0.2, -0.15) is 0 Å². The van der Waals surface area contributed by atoms with E-state index < -0.39 is 0 Å². The summed E-state index contributed by atoms with van der Waals surface area (Å²) in [6.07, 6.45) is 0.129. The second kappa shape index (κ2) is 6.70. The number of carbonyl (C=O) groups is 1. The molecular weight excluding hydrogens is 306 g/mol. The van der Waals surface area contributed by atoms with Crippen LogP contribution in [0.15, 0.2) is 41.2 Å². The molecule has 0 aliphatic heterocycles. The van der Waals surface area contributed by atoms with Crippen LogP contribution in [0.25, 0.3) is 22.4 Å². The maximum Gasteiger partial charge on any atom is 0.307 e. The predicted octanol–water partition coefficient (Wildman–Crippen LogP) is 2.65. The highest BCUT2D eigenvalue weighted by Crippen LogP contribution is 2.19. The lowest BCUT2D eigenvalue weighted by Gasteiger charge is -2.12. The van der Waals surface area contributed by atoms with E-state index >= 15 is 0 Å². The largest absolute Gasteiger partial charge is 0.466 e. The molecule has 0 fully saturated rings. The van der Waals surface area contributed by atoms with E-state index in [9.17, 15) is 9.59 Å². The minimum Gasteiger partial charge on any atom is -0.466 e. The minimum absolute atomic E-state index is 0.129. The van der Waals surface area contributed by atoms with Crippen LogP contribution in [0.3, 0.4) is 0 Å². The minimum atomic E-state index is -0.325. The summed E-state index contributed by atoms with van der Waals surface area (Å²) in [5.74, 6) is 0.216. The molecule has 0 unspecified atom stereocenters. The summed E-state index contributed by atoms with van der Waals surface area (Å²) < 4.78 is 6.50. The Labute approximate surface area is 139 Å². The molecule has 0 aliphatic rings. The van der Waals surface area contributed by atoms with Crippen LogP contribution >= 0.6 is 0 Å². The molecule has 2 heterocycles.